The Bertz CT molecular complexity index is 1000. The van der Waals surface area contributed by atoms with E-state index in [1.165, 1.54) is 12.1 Å². The van der Waals surface area contributed by atoms with Gasteiger partial charge in [-0.15, -0.1) is 4.67 Å². The first kappa shape index (κ1) is 19.3. The molecule has 27 heavy (non-hydrogen) atoms. The Morgan fingerprint density at radius 1 is 1.26 bits per heavy atom. The second-order valence-corrected chi connectivity index (χ2v) is 7.53. The fraction of sp³-hybridized carbons (Fsp3) is 0.222. The summed E-state index contributed by atoms with van der Waals surface area (Å²) in [6, 6.07) is 11.8. The monoisotopic (exact) mass is 389 g/mol. The maximum absolute atomic E-state index is 12.1. The van der Waals surface area contributed by atoms with Crippen molar-refractivity contribution in [1.29, 1.82) is 0 Å². The highest BCUT2D eigenvalue weighted by molar-refractivity contribution is 7.61. The Kier molecular flexibility index (Phi) is 5.72. The summed E-state index contributed by atoms with van der Waals surface area (Å²) < 4.78 is 18.5. The van der Waals surface area contributed by atoms with Crippen molar-refractivity contribution in [3.05, 3.63) is 59.9 Å². The lowest BCUT2D eigenvalue weighted by molar-refractivity contribution is -0.206. The van der Waals surface area contributed by atoms with Crippen molar-refractivity contribution in [3.8, 4) is 0 Å². The second-order valence-electron chi connectivity index (χ2n) is 5.82. The van der Waals surface area contributed by atoms with Gasteiger partial charge in [-0.1, -0.05) is 12.1 Å². The number of fused-ring (bicyclic) bond motifs is 1. The smallest absolute Gasteiger partial charge is 0.355 e. The number of benzene rings is 2. The van der Waals surface area contributed by atoms with E-state index in [2.05, 4.69) is 19.9 Å². The molecule has 1 aromatic heterocycles. The molecule has 3 rings (SSSR count). The summed E-state index contributed by atoms with van der Waals surface area (Å²) in [6.45, 7) is 2.33. The number of nitrogens with zero attached hydrogens (tertiary/aromatic N) is 2. The molecule has 0 radical (unpaired) electrons. The van der Waals surface area contributed by atoms with E-state index >= 15 is 0 Å². The molecule has 0 spiro atoms. The van der Waals surface area contributed by atoms with Gasteiger partial charge in [0.2, 0.25) is 0 Å². The summed E-state index contributed by atoms with van der Waals surface area (Å²) in [6.07, 6.45) is 1.70. The summed E-state index contributed by atoms with van der Waals surface area (Å²) >= 11 is 0. The predicted octanol–water partition coefficient (Wildman–Crippen LogP) is 2.22. The summed E-state index contributed by atoms with van der Waals surface area (Å²) in [7, 11) is -2.41. The Labute approximate surface area is 156 Å². The molecule has 2 N–H and O–H groups in total. The van der Waals surface area contributed by atoms with E-state index in [0.717, 1.165) is 16.6 Å². The lowest BCUT2D eigenvalue weighted by atomic mass is 10.1. The largest absolute Gasteiger partial charge is 0.385 e. The third-order valence-electron chi connectivity index (χ3n) is 4.00. The lowest BCUT2D eigenvalue weighted by Crippen LogP contribution is -2.17. The van der Waals surface area contributed by atoms with Crippen molar-refractivity contribution in [3.63, 3.8) is 0 Å². The van der Waals surface area contributed by atoms with Gasteiger partial charge in [0.15, 0.2) is 0 Å². The maximum Gasteiger partial charge on any atom is 0.385 e. The molecule has 0 fully saturated rings. The average molecular weight is 389 g/mol. The van der Waals surface area contributed by atoms with E-state index in [-0.39, 0.29) is 17.8 Å². The first-order chi connectivity index (χ1) is 12.9. The minimum Gasteiger partial charge on any atom is -0.355 e. The Hall–Kier alpha value is -2.51. The van der Waals surface area contributed by atoms with E-state index in [4.69, 9.17) is 0 Å². The Morgan fingerprint density at radius 2 is 2.00 bits per heavy atom. The van der Waals surface area contributed by atoms with E-state index in [9.17, 15) is 14.3 Å². The average Bonchev–Trinajstić information content (AvgIpc) is 3.08. The highest BCUT2D eigenvalue weighted by atomic mass is 31.2. The Morgan fingerprint density at radius 3 is 2.67 bits per heavy atom. The zero-order valence-corrected chi connectivity index (χ0v) is 15.8. The van der Waals surface area contributed by atoms with Crippen molar-refractivity contribution in [1.82, 2.24) is 14.9 Å². The molecule has 3 aromatic rings. The number of carbonyl (C=O) groups excluding carboxylic acids is 1. The molecular formula is C18H20N3O5P. The molecule has 0 saturated heterocycles. The van der Waals surface area contributed by atoms with Gasteiger partial charge in [-0.05, 0) is 42.8 Å². The van der Waals surface area contributed by atoms with Gasteiger partial charge in [0, 0.05) is 19.2 Å². The summed E-state index contributed by atoms with van der Waals surface area (Å²) in [5, 5.41) is 2.75. The van der Waals surface area contributed by atoms with Crippen molar-refractivity contribution < 1.29 is 23.8 Å². The molecule has 1 amide bonds. The third-order valence-corrected chi connectivity index (χ3v) is 5.26. The van der Waals surface area contributed by atoms with Gasteiger partial charge in [0.25, 0.3) is 5.91 Å². The van der Waals surface area contributed by atoms with Crippen molar-refractivity contribution >= 4 is 29.8 Å². The van der Waals surface area contributed by atoms with Gasteiger partial charge in [-0.3, -0.25) is 9.36 Å². The standard InChI is InChI=1S/C18H20N3O5P/c1-3-25-26-27(23,24)15-7-4-13(5-8-15)11-21-12-20-16-9-6-14(10-17(16)21)18(22)19-2/h4-10,12H,3,11H2,1-2H3,(H,19,22)(H,23,24). The third kappa shape index (κ3) is 4.26. The number of imidazole rings is 1. The molecular weight excluding hydrogens is 369 g/mol. The first-order valence-electron chi connectivity index (χ1n) is 8.35. The molecule has 142 valence electrons. The first-order valence-corrected chi connectivity index (χ1v) is 9.93. The fourth-order valence-electron chi connectivity index (χ4n) is 2.62. The quantitative estimate of drug-likeness (QED) is 0.365. The van der Waals surface area contributed by atoms with Gasteiger partial charge in [-0.25, -0.2) is 9.87 Å². The van der Waals surface area contributed by atoms with Crippen LogP contribution in [0.4, 0.5) is 0 Å². The highest BCUT2D eigenvalue weighted by Gasteiger charge is 2.23. The van der Waals surface area contributed by atoms with Crippen LogP contribution in [0.15, 0.2) is 48.8 Å². The SMILES string of the molecule is CCOOP(=O)(O)c1ccc(Cn2cnc3ccc(C(=O)NC)cc32)cc1. The molecule has 9 heteroatoms. The van der Waals surface area contributed by atoms with Crippen LogP contribution in [0.25, 0.3) is 11.0 Å². The maximum atomic E-state index is 12.1. The zero-order chi connectivity index (χ0) is 19.4. The number of rotatable bonds is 7. The van der Waals surface area contributed by atoms with E-state index in [1.54, 1.807) is 50.6 Å². The molecule has 1 atom stereocenters. The number of aromatic nitrogens is 2. The van der Waals surface area contributed by atoms with Crippen molar-refractivity contribution in [2.45, 2.75) is 13.5 Å². The summed E-state index contributed by atoms with van der Waals surface area (Å²) in [5.41, 5.74) is 3.06. The number of carbonyl (C=O) groups is 1. The molecule has 2 aromatic carbocycles. The van der Waals surface area contributed by atoms with Gasteiger partial charge >= 0.3 is 7.60 Å². The van der Waals surface area contributed by atoms with Crippen LogP contribution in [-0.4, -0.2) is 34.0 Å². The molecule has 0 saturated carbocycles. The number of hydrogen-bond acceptors (Lipinski definition) is 5. The number of nitrogens with one attached hydrogen (secondary N) is 1. The summed E-state index contributed by atoms with van der Waals surface area (Å²) in [5.74, 6) is -0.165. The zero-order valence-electron chi connectivity index (χ0n) is 15.0. The second kappa shape index (κ2) is 8.02. The van der Waals surface area contributed by atoms with Crippen LogP contribution in [0, 0.1) is 0 Å². The Balaban J connectivity index is 1.83. The van der Waals surface area contributed by atoms with Gasteiger partial charge in [-0.2, -0.15) is 0 Å². The molecule has 8 nitrogen and oxygen atoms in total. The minimum atomic E-state index is -4.00. The normalized spacial score (nSPS) is 13.4. The highest BCUT2D eigenvalue weighted by Crippen LogP contribution is 2.40. The van der Waals surface area contributed by atoms with Gasteiger partial charge < -0.3 is 14.8 Å². The van der Waals surface area contributed by atoms with E-state index in [1.807, 2.05) is 4.57 Å². The molecule has 1 unspecified atom stereocenters. The van der Waals surface area contributed by atoms with Crippen LogP contribution in [-0.2, 0) is 20.7 Å². The van der Waals surface area contributed by atoms with Gasteiger partial charge in [0.05, 0.1) is 29.3 Å². The van der Waals surface area contributed by atoms with Crippen LogP contribution in [0.2, 0.25) is 0 Å². The van der Waals surface area contributed by atoms with E-state index in [0.29, 0.717) is 12.1 Å². The molecule has 0 bridgehead atoms. The fourth-order valence-corrected chi connectivity index (χ4v) is 3.48. The van der Waals surface area contributed by atoms with Crippen LogP contribution >= 0.6 is 7.60 Å². The lowest BCUT2D eigenvalue weighted by Gasteiger charge is -2.11. The predicted molar refractivity (Wildman–Crippen MR) is 101 cm³/mol. The van der Waals surface area contributed by atoms with Crippen LogP contribution in [0.5, 0.6) is 0 Å². The van der Waals surface area contributed by atoms with Crippen LogP contribution < -0.4 is 10.6 Å². The minimum absolute atomic E-state index is 0.150. The van der Waals surface area contributed by atoms with Gasteiger partial charge in [0.1, 0.15) is 0 Å². The van der Waals surface area contributed by atoms with E-state index < -0.39 is 7.60 Å². The number of hydrogen-bond donors (Lipinski definition) is 2. The van der Waals surface area contributed by atoms with Crippen molar-refractivity contribution in [2.24, 2.45) is 0 Å². The summed E-state index contributed by atoms with van der Waals surface area (Å²) in [4.78, 5) is 30.6. The van der Waals surface area contributed by atoms with Crippen LogP contribution in [0.3, 0.4) is 0 Å². The van der Waals surface area contributed by atoms with Crippen LogP contribution in [0.1, 0.15) is 22.8 Å². The molecule has 0 aliphatic carbocycles. The topological polar surface area (TPSA) is 103 Å². The number of amides is 1. The van der Waals surface area contributed by atoms with Crippen molar-refractivity contribution in [2.75, 3.05) is 13.7 Å². The molecule has 0 aliphatic heterocycles. The molecule has 0 aliphatic rings. The molecule has 1 heterocycles.